The zero-order valence-electron chi connectivity index (χ0n) is 6.60. The Morgan fingerprint density at radius 1 is 1.27 bits per heavy atom. The van der Waals surface area contributed by atoms with Gasteiger partial charge in [0.15, 0.2) is 0 Å². The third kappa shape index (κ3) is 0.687. The minimum Gasteiger partial charge on any atom is -0.393 e. The van der Waals surface area contributed by atoms with Gasteiger partial charge in [0.25, 0.3) is 0 Å². The molecule has 5 atom stereocenters. The molecule has 3 heterocycles. The Kier molecular flexibility index (Phi) is 1.04. The molecule has 11 heavy (non-hydrogen) atoms. The highest BCUT2D eigenvalue weighted by Gasteiger charge is 2.62. The van der Waals surface area contributed by atoms with Crippen molar-refractivity contribution in [3.8, 4) is 0 Å². The van der Waals surface area contributed by atoms with Crippen molar-refractivity contribution in [2.45, 2.75) is 43.2 Å². The van der Waals surface area contributed by atoms with E-state index < -0.39 is 0 Å². The summed E-state index contributed by atoms with van der Waals surface area (Å²) in [5, 5.41) is 9.46. The van der Waals surface area contributed by atoms with Crippen LogP contribution in [0.1, 0.15) is 12.8 Å². The highest BCUT2D eigenvalue weighted by Crippen LogP contribution is 2.47. The number of aliphatic hydroxyl groups excluding tert-OH is 1. The summed E-state index contributed by atoms with van der Waals surface area (Å²) in [7, 11) is 2.15. The number of epoxide rings is 1. The number of fused-ring (bicyclic) bond motifs is 5. The minimum absolute atomic E-state index is 0.0717. The maximum atomic E-state index is 9.46. The Morgan fingerprint density at radius 2 is 1.82 bits per heavy atom. The van der Waals surface area contributed by atoms with Crippen LogP contribution in [0.15, 0.2) is 0 Å². The zero-order chi connectivity index (χ0) is 7.59. The second-order valence-corrected chi connectivity index (χ2v) is 3.99. The molecule has 3 unspecified atom stereocenters. The molecule has 3 heteroatoms. The Labute approximate surface area is 65.9 Å². The number of nitrogens with zero attached hydrogens (tertiary/aromatic N) is 1. The third-order valence-electron chi connectivity index (χ3n) is 3.39. The van der Waals surface area contributed by atoms with Gasteiger partial charge in [0.2, 0.25) is 0 Å². The number of rotatable bonds is 0. The van der Waals surface area contributed by atoms with Gasteiger partial charge in [0.1, 0.15) is 12.2 Å². The van der Waals surface area contributed by atoms with Crippen LogP contribution in [0.4, 0.5) is 0 Å². The van der Waals surface area contributed by atoms with Gasteiger partial charge in [-0.3, -0.25) is 4.90 Å². The van der Waals surface area contributed by atoms with E-state index in [0.717, 1.165) is 12.8 Å². The van der Waals surface area contributed by atoms with Gasteiger partial charge in [0.05, 0.1) is 6.10 Å². The normalized spacial score (nSPS) is 61.1. The lowest BCUT2D eigenvalue weighted by Gasteiger charge is -2.36. The van der Waals surface area contributed by atoms with E-state index in [1.807, 2.05) is 0 Å². The number of likely N-dealkylation sites (N-methyl/N-ethyl adjacent to an activating group) is 1. The summed E-state index contributed by atoms with van der Waals surface area (Å²) >= 11 is 0. The molecule has 2 bridgehead atoms. The van der Waals surface area contributed by atoms with Crippen LogP contribution in [-0.2, 0) is 4.74 Å². The lowest BCUT2D eigenvalue weighted by Crippen LogP contribution is -2.46. The van der Waals surface area contributed by atoms with Crippen LogP contribution in [0.2, 0.25) is 0 Å². The average molecular weight is 155 g/mol. The van der Waals surface area contributed by atoms with Crippen molar-refractivity contribution < 1.29 is 9.84 Å². The summed E-state index contributed by atoms with van der Waals surface area (Å²) < 4.78 is 5.49. The molecule has 3 fully saturated rings. The molecule has 3 saturated heterocycles. The molecule has 0 spiro atoms. The molecular formula is C8H13NO2. The van der Waals surface area contributed by atoms with E-state index in [1.165, 1.54) is 0 Å². The first-order valence-electron chi connectivity index (χ1n) is 4.33. The molecule has 0 aromatic carbocycles. The fraction of sp³-hybridized carbons (Fsp3) is 1.00. The van der Waals surface area contributed by atoms with Gasteiger partial charge in [-0.1, -0.05) is 0 Å². The molecular weight excluding hydrogens is 142 g/mol. The third-order valence-corrected chi connectivity index (χ3v) is 3.39. The Hall–Kier alpha value is -0.120. The van der Waals surface area contributed by atoms with Crippen molar-refractivity contribution in [1.29, 1.82) is 0 Å². The van der Waals surface area contributed by atoms with Crippen LogP contribution in [0.3, 0.4) is 0 Å². The summed E-state index contributed by atoms with van der Waals surface area (Å²) in [6.45, 7) is 0. The van der Waals surface area contributed by atoms with Crippen molar-refractivity contribution in [1.82, 2.24) is 4.90 Å². The largest absolute Gasteiger partial charge is 0.393 e. The van der Waals surface area contributed by atoms with E-state index in [1.54, 1.807) is 0 Å². The quantitative estimate of drug-likeness (QED) is 0.483. The Morgan fingerprint density at radius 3 is 2.36 bits per heavy atom. The number of aliphatic hydroxyl groups is 1. The molecule has 3 rings (SSSR count). The average Bonchev–Trinajstić information content (AvgIpc) is 2.66. The highest BCUT2D eigenvalue weighted by molar-refractivity contribution is 5.13. The molecule has 0 aliphatic carbocycles. The molecule has 3 aliphatic rings. The lowest BCUT2D eigenvalue weighted by molar-refractivity contribution is 0.00149. The maximum absolute atomic E-state index is 9.46. The smallest absolute Gasteiger partial charge is 0.101 e. The van der Waals surface area contributed by atoms with Crippen LogP contribution < -0.4 is 0 Å². The minimum atomic E-state index is -0.0717. The van der Waals surface area contributed by atoms with E-state index in [9.17, 15) is 5.11 Å². The zero-order valence-corrected chi connectivity index (χ0v) is 6.60. The van der Waals surface area contributed by atoms with Crippen LogP contribution in [0.5, 0.6) is 0 Å². The maximum Gasteiger partial charge on any atom is 0.101 e. The van der Waals surface area contributed by atoms with Crippen molar-refractivity contribution in [2.24, 2.45) is 0 Å². The predicted octanol–water partition coefficient (Wildman–Crippen LogP) is -0.409. The first-order valence-corrected chi connectivity index (χ1v) is 4.33. The van der Waals surface area contributed by atoms with Gasteiger partial charge in [-0.25, -0.2) is 0 Å². The van der Waals surface area contributed by atoms with Crippen molar-refractivity contribution in [3.05, 3.63) is 0 Å². The fourth-order valence-electron chi connectivity index (χ4n) is 2.72. The number of hydrogen-bond acceptors (Lipinski definition) is 3. The van der Waals surface area contributed by atoms with Gasteiger partial charge in [-0.2, -0.15) is 0 Å². The van der Waals surface area contributed by atoms with Gasteiger partial charge in [0, 0.05) is 12.1 Å². The van der Waals surface area contributed by atoms with E-state index in [2.05, 4.69) is 11.9 Å². The molecule has 3 nitrogen and oxygen atoms in total. The van der Waals surface area contributed by atoms with Crippen molar-refractivity contribution in [2.75, 3.05) is 7.05 Å². The first kappa shape index (κ1) is 6.40. The van der Waals surface area contributed by atoms with E-state index in [4.69, 9.17) is 4.74 Å². The van der Waals surface area contributed by atoms with E-state index in [0.29, 0.717) is 24.3 Å². The number of hydrogen-bond donors (Lipinski definition) is 1. The van der Waals surface area contributed by atoms with E-state index >= 15 is 0 Å². The highest BCUT2D eigenvalue weighted by atomic mass is 16.6. The number of morpholine rings is 1. The second kappa shape index (κ2) is 1.79. The summed E-state index contributed by atoms with van der Waals surface area (Å²) in [6.07, 6.45) is 2.67. The van der Waals surface area contributed by atoms with Gasteiger partial charge >= 0.3 is 0 Å². The van der Waals surface area contributed by atoms with Crippen molar-refractivity contribution in [3.63, 3.8) is 0 Å². The van der Waals surface area contributed by atoms with Crippen LogP contribution in [0.25, 0.3) is 0 Å². The number of piperidine rings is 1. The van der Waals surface area contributed by atoms with Crippen LogP contribution in [0, 0.1) is 0 Å². The van der Waals surface area contributed by atoms with Gasteiger partial charge in [-0.15, -0.1) is 0 Å². The number of ether oxygens (including phenoxy) is 1. The van der Waals surface area contributed by atoms with Gasteiger partial charge in [-0.05, 0) is 19.9 Å². The molecule has 0 aromatic heterocycles. The summed E-state index contributed by atoms with van der Waals surface area (Å²) in [6, 6.07) is 1.02. The van der Waals surface area contributed by atoms with Gasteiger partial charge < -0.3 is 9.84 Å². The SMILES string of the molecule is CN1C2C[C@H](O)CC1[C@H]1OC21. The summed E-state index contributed by atoms with van der Waals surface area (Å²) in [5.41, 5.74) is 0. The lowest BCUT2D eigenvalue weighted by atomic mass is 10.00. The molecule has 0 amide bonds. The molecule has 62 valence electrons. The predicted molar refractivity (Wildman–Crippen MR) is 39.2 cm³/mol. The molecule has 1 N–H and O–H groups in total. The summed E-state index contributed by atoms with van der Waals surface area (Å²) in [5.74, 6) is 0. The van der Waals surface area contributed by atoms with Crippen molar-refractivity contribution >= 4 is 0 Å². The monoisotopic (exact) mass is 155 g/mol. The van der Waals surface area contributed by atoms with Crippen LogP contribution >= 0.6 is 0 Å². The molecule has 0 saturated carbocycles. The summed E-state index contributed by atoms with van der Waals surface area (Å²) in [4.78, 5) is 2.38. The molecule has 0 radical (unpaired) electrons. The first-order chi connectivity index (χ1) is 5.27. The molecule has 0 aromatic rings. The Balaban J connectivity index is 1.90. The second-order valence-electron chi connectivity index (χ2n) is 3.99. The standard InChI is InChI=1S/C8H13NO2/c1-9-5-2-4(10)3-6(9)8-7(5)11-8/h4-8,10H,2-3H2,1H3/t4-,5?,6?,7-,8?/m1/s1. The fourth-order valence-corrected chi connectivity index (χ4v) is 2.72. The van der Waals surface area contributed by atoms with Crippen LogP contribution in [-0.4, -0.2) is 47.4 Å². The van der Waals surface area contributed by atoms with E-state index in [-0.39, 0.29) is 6.10 Å². The Bertz CT molecular complexity index is 179. The topological polar surface area (TPSA) is 36.0 Å². The molecule has 3 aliphatic heterocycles.